The minimum atomic E-state index is -0.191. The average molecular weight is 368 g/mol. The van der Waals surface area contributed by atoms with Gasteiger partial charge in [0, 0.05) is 31.3 Å². The maximum atomic E-state index is 12.9. The zero-order valence-corrected chi connectivity index (χ0v) is 15.5. The number of hydrogen-bond acceptors (Lipinski definition) is 4. The predicted octanol–water partition coefficient (Wildman–Crippen LogP) is 2.20. The lowest BCUT2D eigenvalue weighted by Crippen LogP contribution is -2.46. The van der Waals surface area contributed by atoms with Crippen molar-refractivity contribution in [1.29, 1.82) is 0 Å². The molecule has 0 spiro atoms. The standard InChI is InChI=1S/C21H24N2O4/c1-22(15-20(24)23-11-13-26-14-12-23)21(25)19-10-6-5-7-17(19)16-27-18-8-3-2-4-9-18/h2-10H,11-16H2,1H3. The molecule has 0 bridgehead atoms. The van der Waals surface area contributed by atoms with Crippen LogP contribution in [0.25, 0.3) is 0 Å². The van der Waals surface area contributed by atoms with Gasteiger partial charge in [-0.1, -0.05) is 36.4 Å². The summed E-state index contributed by atoms with van der Waals surface area (Å²) < 4.78 is 11.0. The molecule has 1 aliphatic rings. The van der Waals surface area contributed by atoms with Crippen LogP contribution in [0.5, 0.6) is 5.75 Å². The summed E-state index contributed by atoms with van der Waals surface area (Å²) in [5.74, 6) is 0.492. The quantitative estimate of drug-likeness (QED) is 0.784. The Morgan fingerprint density at radius 2 is 1.70 bits per heavy atom. The monoisotopic (exact) mass is 368 g/mol. The maximum Gasteiger partial charge on any atom is 0.254 e. The van der Waals surface area contributed by atoms with Gasteiger partial charge < -0.3 is 19.3 Å². The van der Waals surface area contributed by atoms with Crippen LogP contribution in [0.3, 0.4) is 0 Å². The number of likely N-dealkylation sites (N-methyl/N-ethyl adjacent to an activating group) is 1. The summed E-state index contributed by atoms with van der Waals surface area (Å²) in [6.07, 6.45) is 0. The lowest BCUT2D eigenvalue weighted by Gasteiger charge is -2.29. The van der Waals surface area contributed by atoms with E-state index in [-0.39, 0.29) is 25.0 Å². The normalized spacial score (nSPS) is 13.9. The Morgan fingerprint density at radius 3 is 2.44 bits per heavy atom. The number of benzene rings is 2. The van der Waals surface area contributed by atoms with Crippen molar-refractivity contribution in [2.24, 2.45) is 0 Å². The first-order valence-electron chi connectivity index (χ1n) is 9.02. The third kappa shape index (κ3) is 5.08. The lowest BCUT2D eigenvalue weighted by molar-refractivity contribution is -0.135. The molecule has 2 aromatic carbocycles. The summed E-state index contributed by atoms with van der Waals surface area (Å²) in [6.45, 7) is 2.57. The van der Waals surface area contributed by atoms with Crippen molar-refractivity contribution >= 4 is 11.8 Å². The number of morpholine rings is 1. The Hall–Kier alpha value is -2.86. The van der Waals surface area contributed by atoms with Crippen molar-refractivity contribution in [3.8, 4) is 5.75 Å². The molecule has 0 aliphatic carbocycles. The van der Waals surface area contributed by atoms with Gasteiger partial charge in [0.15, 0.2) is 0 Å². The smallest absolute Gasteiger partial charge is 0.254 e. The molecule has 0 aromatic heterocycles. The molecule has 6 heteroatoms. The number of rotatable bonds is 6. The predicted molar refractivity (Wildman–Crippen MR) is 102 cm³/mol. The molecule has 3 rings (SSSR count). The molecule has 0 atom stereocenters. The molecule has 0 unspecified atom stereocenters. The zero-order valence-electron chi connectivity index (χ0n) is 15.5. The third-order valence-corrected chi connectivity index (χ3v) is 4.47. The van der Waals surface area contributed by atoms with Crippen LogP contribution in [0.4, 0.5) is 0 Å². The summed E-state index contributed by atoms with van der Waals surface area (Å²) in [7, 11) is 1.65. The molecular weight excluding hydrogens is 344 g/mol. The van der Waals surface area contributed by atoms with E-state index in [4.69, 9.17) is 9.47 Å². The van der Waals surface area contributed by atoms with Gasteiger partial charge >= 0.3 is 0 Å². The third-order valence-electron chi connectivity index (χ3n) is 4.47. The number of ether oxygens (including phenoxy) is 2. The Kier molecular flexibility index (Phi) is 6.44. The van der Waals surface area contributed by atoms with Gasteiger partial charge in [0.2, 0.25) is 5.91 Å². The number of nitrogens with zero attached hydrogens (tertiary/aromatic N) is 2. The Balaban J connectivity index is 1.64. The summed E-state index contributed by atoms with van der Waals surface area (Å²) in [4.78, 5) is 28.5. The Morgan fingerprint density at radius 1 is 1.04 bits per heavy atom. The van der Waals surface area contributed by atoms with Gasteiger partial charge in [-0.15, -0.1) is 0 Å². The van der Waals surface area contributed by atoms with Crippen molar-refractivity contribution in [2.45, 2.75) is 6.61 Å². The summed E-state index contributed by atoms with van der Waals surface area (Å²) in [5, 5.41) is 0. The number of para-hydroxylation sites is 1. The van der Waals surface area contributed by atoms with E-state index in [9.17, 15) is 9.59 Å². The van der Waals surface area contributed by atoms with E-state index < -0.39 is 0 Å². The SMILES string of the molecule is CN(CC(=O)N1CCOCC1)C(=O)c1ccccc1COc1ccccc1. The maximum absolute atomic E-state index is 12.9. The van der Waals surface area contributed by atoms with Crippen molar-refractivity contribution < 1.29 is 19.1 Å². The van der Waals surface area contributed by atoms with Crippen LogP contribution >= 0.6 is 0 Å². The molecule has 0 saturated carbocycles. The first kappa shape index (κ1) is 18.9. The molecule has 0 radical (unpaired) electrons. The largest absolute Gasteiger partial charge is 0.489 e. The van der Waals surface area contributed by atoms with E-state index in [1.165, 1.54) is 4.90 Å². The molecule has 27 heavy (non-hydrogen) atoms. The van der Waals surface area contributed by atoms with E-state index in [1.807, 2.05) is 48.5 Å². The van der Waals surface area contributed by atoms with Gasteiger partial charge in [0.05, 0.1) is 19.8 Å². The van der Waals surface area contributed by atoms with Crippen LogP contribution in [0.1, 0.15) is 15.9 Å². The average Bonchev–Trinajstić information content (AvgIpc) is 2.73. The van der Waals surface area contributed by atoms with E-state index in [0.717, 1.165) is 11.3 Å². The van der Waals surface area contributed by atoms with Crippen LogP contribution < -0.4 is 4.74 Å². The van der Waals surface area contributed by atoms with Crippen molar-refractivity contribution in [3.05, 3.63) is 65.7 Å². The second-order valence-corrected chi connectivity index (χ2v) is 6.41. The van der Waals surface area contributed by atoms with Gasteiger partial charge in [0.1, 0.15) is 12.4 Å². The fourth-order valence-corrected chi connectivity index (χ4v) is 2.93. The molecule has 6 nitrogen and oxygen atoms in total. The summed E-state index contributed by atoms with van der Waals surface area (Å²) >= 11 is 0. The van der Waals surface area contributed by atoms with E-state index >= 15 is 0 Å². The first-order chi connectivity index (χ1) is 13.1. The minimum Gasteiger partial charge on any atom is -0.489 e. The molecule has 0 N–H and O–H groups in total. The number of amides is 2. The minimum absolute atomic E-state index is 0.0483. The molecule has 1 heterocycles. The Labute approximate surface area is 159 Å². The lowest BCUT2D eigenvalue weighted by atomic mass is 10.1. The van der Waals surface area contributed by atoms with Gasteiger partial charge in [-0.3, -0.25) is 9.59 Å². The van der Waals surface area contributed by atoms with E-state index in [1.54, 1.807) is 18.0 Å². The number of carbonyl (C=O) groups excluding carboxylic acids is 2. The first-order valence-corrected chi connectivity index (χ1v) is 9.02. The zero-order chi connectivity index (χ0) is 19.1. The molecule has 1 saturated heterocycles. The van der Waals surface area contributed by atoms with E-state index in [0.29, 0.717) is 31.9 Å². The number of hydrogen-bond donors (Lipinski definition) is 0. The molecule has 1 aliphatic heterocycles. The van der Waals surface area contributed by atoms with Crippen molar-refractivity contribution in [3.63, 3.8) is 0 Å². The second kappa shape index (κ2) is 9.19. The van der Waals surface area contributed by atoms with Crippen LogP contribution in [-0.4, -0.2) is 61.5 Å². The molecule has 2 amide bonds. The van der Waals surface area contributed by atoms with Crippen LogP contribution in [0.2, 0.25) is 0 Å². The topological polar surface area (TPSA) is 59.1 Å². The number of carbonyl (C=O) groups is 2. The Bertz CT molecular complexity index is 773. The van der Waals surface area contributed by atoms with Gasteiger partial charge in [-0.05, 0) is 18.2 Å². The highest BCUT2D eigenvalue weighted by Crippen LogP contribution is 2.16. The highest BCUT2D eigenvalue weighted by atomic mass is 16.5. The van der Waals surface area contributed by atoms with Crippen LogP contribution in [0, 0.1) is 0 Å². The molecule has 2 aromatic rings. The van der Waals surface area contributed by atoms with Crippen LogP contribution in [0.15, 0.2) is 54.6 Å². The summed E-state index contributed by atoms with van der Waals surface area (Å²) in [5.41, 5.74) is 1.34. The fourth-order valence-electron chi connectivity index (χ4n) is 2.93. The van der Waals surface area contributed by atoms with Gasteiger partial charge in [-0.2, -0.15) is 0 Å². The van der Waals surface area contributed by atoms with Gasteiger partial charge in [-0.25, -0.2) is 0 Å². The molecular formula is C21H24N2O4. The summed E-state index contributed by atoms with van der Waals surface area (Å²) in [6, 6.07) is 16.8. The molecule has 142 valence electrons. The molecule has 1 fully saturated rings. The highest BCUT2D eigenvalue weighted by molar-refractivity contribution is 5.97. The van der Waals surface area contributed by atoms with E-state index in [2.05, 4.69) is 0 Å². The highest BCUT2D eigenvalue weighted by Gasteiger charge is 2.22. The van der Waals surface area contributed by atoms with Crippen molar-refractivity contribution in [1.82, 2.24) is 9.80 Å². The van der Waals surface area contributed by atoms with Crippen LogP contribution in [-0.2, 0) is 16.1 Å². The van der Waals surface area contributed by atoms with Gasteiger partial charge in [0.25, 0.3) is 5.91 Å². The second-order valence-electron chi connectivity index (χ2n) is 6.41. The van der Waals surface area contributed by atoms with Crippen molar-refractivity contribution in [2.75, 3.05) is 39.9 Å². The fraction of sp³-hybridized carbons (Fsp3) is 0.333.